The smallest absolute Gasteiger partial charge is 0.245 e. The molecule has 5 rings (SSSR count). The Morgan fingerprint density at radius 1 is 1.11 bits per heavy atom. The van der Waals surface area contributed by atoms with E-state index in [0.29, 0.717) is 30.4 Å². The first-order valence-electron chi connectivity index (χ1n) is 12.4. The Morgan fingerprint density at radius 2 is 1.89 bits per heavy atom. The Labute approximate surface area is 225 Å². The van der Waals surface area contributed by atoms with Crippen LogP contribution in [-0.2, 0) is 4.79 Å². The number of carbonyl (C=O) groups excluding carboxylic acids is 1. The lowest BCUT2D eigenvalue weighted by atomic mass is 10.1. The maximum atomic E-state index is 11.9. The first kappa shape index (κ1) is 25.5. The summed E-state index contributed by atoms with van der Waals surface area (Å²) in [4.78, 5) is 23.9. The Hall–Kier alpha value is -4.11. The van der Waals surface area contributed by atoms with Gasteiger partial charge in [0.15, 0.2) is 11.5 Å². The van der Waals surface area contributed by atoms with Crippen LogP contribution in [0, 0.1) is 6.92 Å². The molecule has 1 saturated heterocycles. The number of piperidine rings is 1. The number of aryl methyl sites for hydroxylation is 1. The van der Waals surface area contributed by atoms with Crippen molar-refractivity contribution in [1.82, 2.24) is 14.9 Å². The second-order valence-corrected chi connectivity index (χ2v) is 10.0. The van der Waals surface area contributed by atoms with Crippen LogP contribution in [0.5, 0.6) is 17.2 Å². The van der Waals surface area contributed by atoms with Gasteiger partial charge < -0.3 is 24.4 Å². The van der Waals surface area contributed by atoms with Gasteiger partial charge in [0.05, 0.1) is 25.4 Å². The minimum atomic E-state index is -0.0478. The zero-order valence-corrected chi connectivity index (χ0v) is 22.5. The first-order valence-corrected chi connectivity index (χ1v) is 13.3. The number of aromatic nitrogens is 2. The zero-order valence-electron chi connectivity index (χ0n) is 21.7. The highest BCUT2D eigenvalue weighted by molar-refractivity contribution is 7.13. The van der Waals surface area contributed by atoms with Gasteiger partial charge >= 0.3 is 0 Å². The molecular formula is C29H30N4O4S. The summed E-state index contributed by atoms with van der Waals surface area (Å²) in [7, 11) is 3.27. The highest BCUT2D eigenvalue weighted by atomic mass is 32.1. The van der Waals surface area contributed by atoms with Crippen LogP contribution in [0.25, 0.3) is 21.3 Å². The molecule has 2 aromatic carbocycles. The molecule has 1 aliphatic rings. The summed E-state index contributed by atoms with van der Waals surface area (Å²) < 4.78 is 17.7. The van der Waals surface area contributed by atoms with Crippen LogP contribution in [0.1, 0.15) is 18.4 Å². The standard InChI is InChI=1S/C29H30N4O4S/c1-5-28(34)33-10-8-19(9-11-33)37-26-15-21-22(16-25(26)36-4)30-17-31-29(21)32-23-14-20(27-7-6-12-38-27)18(2)13-24(23)35-3/h5-7,12-17,19H,1,8-11H2,2-4H3,(H,30,31,32). The number of amides is 1. The third kappa shape index (κ3) is 5.15. The van der Waals surface area contributed by atoms with E-state index in [0.717, 1.165) is 46.3 Å². The minimum absolute atomic E-state index is 0.0400. The SMILES string of the molecule is C=CC(=O)N1CCC(Oc2cc3c(Nc4cc(-c5cccs5)c(C)cc4OC)ncnc3cc2OC)CC1. The number of hydrogen-bond acceptors (Lipinski definition) is 8. The minimum Gasteiger partial charge on any atom is -0.495 e. The van der Waals surface area contributed by atoms with Gasteiger partial charge in [-0.1, -0.05) is 12.6 Å². The molecule has 1 fully saturated rings. The van der Waals surface area contributed by atoms with Gasteiger partial charge in [-0.15, -0.1) is 11.3 Å². The van der Waals surface area contributed by atoms with Crippen LogP contribution in [0.2, 0.25) is 0 Å². The molecule has 1 amide bonds. The number of nitrogens with one attached hydrogen (secondary N) is 1. The topological polar surface area (TPSA) is 85.8 Å². The highest BCUT2D eigenvalue weighted by Gasteiger charge is 2.24. The van der Waals surface area contributed by atoms with Gasteiger partial charge in [0.25, 0.3) is 0 Å². The lowest BCUT2D eigenvalue weighted by Crippen LogP contribution is -2.41. The van der Waals surface area contributed by atoms with E-state index in [4.69, 9.17) is 14.2 Å². The third-order valence-corrected chi connectivity index (χ3v) is 7.63. The number of nitrogens with zero attached hydrogens (tertiary/aromatic N) is 3. The van der Waals surface area contributed by atoms with Crippen molar-refractivity contribution < 1.29 is 19.0 Å². The van der Waals surface area contributed by atoms with E-state index in [1.807, 2.05) is 24.3 Å². The molecule has 1 N–H and O–H groups in total. The van der Waals surface area contributed by atoms with Gasteiger partial charge in [-0.2, -0.15) is 0 Å². The zero-order chi connectivity index (χ0) is 26.6. The highest BCUT2D eigenvalue weighted by Crippen LogP contribution is 2.40. The van der Waals surface area contributed by atoms with E-state index in [-0.39, 0.29) is 12.0 Å². The number of thiophene rings is 1. The fourth-order valence-electron chi connectivity index (χ4n) is 4.69. The molecule has 8 nitrogen and oxygen atoms in total. The number of carbonyl (C=O) groups is 1. The van der Waals surface area contributed by atoms with Crippen LogP contribution >= 0.6 is 11.3 Å². The summed E-state index contributed by atoms with van der Waals surface area (Å²) >= 11 is 1.70. The quantitative estimate of drug-likeness (QED) is 0.280. The molecule has 0 radical (unpaired) electrons. The summed E-state index contributed by atoms with van der Waals surface area (Å²) in [5, 5.41) is 6.33. The number of rotatable bonds is 8. The average Bonchev–Trinajstić information content (AvgIpc) is 3.48. The molecule has 2 aromatic heterocycles. The molecule has 4 aromatic rings. The summed E-state index contributed by atoms with van der Waals surface area (Å²) in [6, 6.07) is 12.0. The summed E-state index contributed by atoms with van der Waals surface area (Å²) in [6.07, 6.45) is 4.29. The molecule has 0 aliphatic carbocycles. The van der Waals surface area contributed by atoms with Crippen LogP contribution in [0.3, 0.4) is 0 Å². The number of methoxy groups -OCH3 is 2. The fraction of sp³-hybridized carbons (Fsp3) is 0.276. The molecule has 0 unspecified atom stereocenters. The molecule has 3 heterocycles. The number of fused-ring (bicyclic) bond motifs is 1. The van der Waals surface area contributed by atoms with Crippen molar-refractivity contribution in [1.29, 1.82) is 0 Å². The molecule has 196 valence electrons. The second kappa shape index (κ2) is 11.1. The number of ether oxygens (including phenoxy) is 3. The molecule has 1 aliphatic heterocycles. The van der Waals surface area contributed by atoms with Crippen molar-refractivity contribution in [3.8, 4) is 27.7 Å². The van der Waals surface area contributed by atoms with Crippen molar-refractivity contribution in [3.63, 3.8) is 0 Å². The van der Waals surface area contributed by atoms with Crippen LogP contribution in [0.4, 0.5) is 11.5 Å². The average molecular weight is 531 g/mol. The van der Waals surface area contributed by atoms with Crippen LogP contribution in [0.15, 0.2) is 60.8 Å². The summed E-state index contributed by atoms with van der Waals surface area (Å²) in [5.74, 6) is 2.52. The second-order valence-electron chi connectivity index (χ2n) is 9.06. The van der Waals surface area contributed by atoms with Gasteiger partial charge in [-0.05, 0) is 53.8 Å². The van der Waals surface area contributed by atoms with E-state index in [9.17, 15) is 4.79 Å². The van der Waals surface area contributed by atoms with Crippen LogP contribution < -0.4 is 19.5 Å². The normalized spacial score (nSPS) is 13.8. The largest absolute Gasteiger partial charge is 0.495 e. The Kier molecular flexibility index (Phi) is 7.46. The molecule has 38 heavy (non-hydrogen) atoms. The molecule has 9 heteroatoms. The van der Waals surface area contributed by atoms with Gasteiger partial charge in [0, 0.05) is 42.3 Å². The molecule has 0 atom stereocenters. The van der Waals surface area contributed by atoms with Crippen LogP contribution in [-0.4, -0.2) is 54.2 Å². The monoisotopic (exact) mass is 530 g/mol. The van der Waals surface area contributed by atoms with Gasteiger partial charge in [-0.3, -0.25) is 4.79 Å². The molecule has 0 spiro atoms. The van der Waals surface area contributed by atoms with Gasteiger partial charge in [0.2, 0.25) is 5.91 Å². The molecule has 0 bridgehead atoms. The van der Waals surface area contributed by atoms with E-state index < -0.39 is 0 Å². The number of likely N-dealkylation sites (tertiary alicyclic amines) is 1. The van der Waals surface area contributed by atoms with E-state index in [2.05, 4.69) is 46.3 Å². The fourth-order valence-corrected chi connectivity index (χ4v) is 5.50. The summed E-state index contributed by atoms with van der Waals surface area (Å²) in [5.41, 5.74) is 3.79. The Morgan fingerprint density at radius 3 is 2.58 bits per heavy atom. The predicted octanol–water partition coefficient (Wildman–Crippen LogP) is 5.98. The Bertz CT molecular complexity index is 1460. The molecular weight excluding hydrogens is 500 g/mol. The van der Waals surface area contributed by atoms with Crippen molar-refractivity contribution in [2.45, 2.75) is 25.9 Å². The lowest BCUT2D eigenvalue weighted by molar-refractivity contribution is -0.127. The van der Waals surface area contributed by atoms with Crippen molar-refractivity contribution in [2.24, 2.45) is 0 Å². The van der Waals surface area contributed by atoms with E-state index in [1.54, 1.807) is 30.5 Å². The van der Waals surface area contributed by atoms with Crippen molar-refractivity contribution in [3.05, 3.63) is 66.3 Å². The maximum Gasteiger partial charge on any atom is 0.245 e. The van der Waals surface area contributed by atoms with Gasteiger partial charge in [0.1, 0.15) is 24.0 Å². The first-order chi connectivity index (χ1) is 18.5. The lowest BCUT2D eigenvalue weighted by Gasteiger charge is -2.31. The van der Waals surface area contributed by atoms with E-state index >= 15 is 0 Å². The van der Waals surface area contributed by atoms with Gasteiger partial charge in [-0.25, -0.2) is 9.97 Å². The Balaban J connectivity index is 1.47. The third-order valence-electron chi connectivity index (χ3n) is 6.73. The van der Waals surface area contributed by atoms with Crippen molar-refractivity contribution >= 4 is 39.7 Å². The van der Waals surface area contributed by atoms with Crippen molar-refractivity contribution in [2.75, 3.05) is 32.6 Å². The number of benzene rings is 2. The number of anilines is 2. The van der Waals surface area contributed by atoms with E-state index in [1.165, 1.54) is 17.3 Å². The number of hydrogen-bond donors (Lipinski definition) is 1. The summed E-state index contributed by atoms with van der Waals surface area (Å²) in [6.45, 7) is 6.91. The molecule has 0 saturated carbocycles. The maximum absolute atomic E-state index is 11.9. The predicted molar refractivity (Wildman–Crippen MR) is 151 cm³/mol.